The van der Waals surface area contributed by atoms with E-state index in [1.54, 1.807) is 0 Å². The fourth-order valence-corrected chi connectivity index (χ4v) is 3.32. The van der Waals surface area contributed by atoms with E-state index in [-0.39, 0.29) is 5.60 Å². The number of rotatable bonds is 3. The van der Waals surface area contributed by atoms with E-state index < -0.39 is 0 Å². The summed E-state index contributed by atoms with van der Waals surface area (Å²) in [7, 11) is 0. The van der Waals surface area contributed by atoms with Crippen molar-refractivity contribution < 1.29 is 9.47 Å². The maximum absolute atomic E-state index is 6.14. The van der Waals surface area contributed by atoms with Crippen LogP contribution in [0.4, 0.5) is 0 Å². The van der Waals surface area contributed by atoms with Gasteiger partial charge in [0.15, 0.2) is 0 Å². The zero-order valence-corrected chi connectivity index (χ0v) is 11.4. The summed E-state index contributed by atoms with van der Waals surface area (Å²) < 4.78 is 12.1. The Kier molecular flexibility index (Phi) is 2.61. The topological polar surface area (TPSA) is 30.5 Å². The Morgan fingerprint density at radius 1 is 1.42 bits per heavy atom. The highest BCUT2D eigenvalue weighted by molar-refractivity contribution is 5.45. The van der Waals surface area contributed by atoms with E-state index in [0.717, 1.165) is 31.4 Å². The lowest BCUT2D eigenvalue weighted by atomic mass is 9.81. The van der Waals surface area contributed by atoms with E-state index in [1.165, 1.54) is 24.0 Å². The largest absolute Gasteiger partial charge is 0.493 e. The van der Waals surface area contributed by atoms with Crippen LogP contribution in [0.2, 0.25) is 0 Å². The number of hydrogen-bond donors (Lipinski definition) is 1. The summed E-state index contributed by atoms with van der Waals surface area (Å²) in [5, 5.41) is 3.46. The summed E-state index contributed by atoms with van der Waals surface area (Å²) in [6.07, 6.45) is 2.66. The van der Waals surface area contributed by atoms with Gasteiger partial charge in [-0.3, -0.25) is 0 Å². The molecule has 1 aromatic rings. The lowest BCUT2D eigenvalue weighted by Crippen LogP contribution is -2.39. The first-order valence-corrected chi connectivity index (χ1v) is 7.35. The van der Waals surface area contributed by atoms with Gasteiger partial charge in [-0.2, -0.15) is 0 Å². The van der Waals surface area contributed by atoms with Crippen molar-refractivity contribution in [3.8, 4) is 5.75 Å². The summed E-state index contributed by atoms with van der Waals surface area (Å²) in [5.74, 6) is 2.29. The molecule has 0 bridgehead atoms. The third kappa shape index (κ3) is 1.96. The van der Waals surface area contributed by atoms with Gasteiger partial charge >= 0.3 is 0 Å². The molecule has 3 aliphatic rings. The molecule has 1 N–H and O–H groups in total. The molecule has 1 saturated heterocycles. The van der Waals surface area contributed by atoms with Crippen LogP contribution in [0, 0.1) is 5.92 Å². The van der Waals surface area contributed by atoms with E-state index in [0.29, 0.717) is 12.5 Å². The van der Waals surface area contributed by atoms with Gasteiger partial charge in [-0.1, -0.05) is 12.1 Å². The summed E-state index contributed by atoms with van der Waals surface area (Å²) >= 11 is 0. The second kappa shape index (κ2) is 4.22. The highest BCUT2D eigenvalue weighted by Gasteiger charge is 2.45. The fourth-order valence-electron chi connectivity index (χ4n) is 3.32. The van der Waals surface area contributed by atoms with Crippen molar-refractivity contribution in [3.05, 3.63) is 29.3 Å². The van der Waals surface area contributed by atoms with E-state index in [2.05, 4.69) is 30.4 Å². The molecule has 1 aromatic carbocycles. The van der Waals surface area contributed by atoms with Crippen LogP contribution in [0.3, 0.4) is 0 Å². The first-order chi connectivity index (χ1) is 9.26. The van der Waals surface area contributed by atoms with E-state index in [9.17, 15) is 0 Å². The normalized spacial score (nSPS) is 32.8. The van der Waals surface area contributed by atoms with Gasteiger partial charge in [-0.05, 0) is 37.3 Å². The van der Waals surface area contributed by atoms with Crippen LogP contribution in [-0.4, -0.2) is 25.3 Å². The van der Waals surface area contributed by atoms with Crippen molar-refractivity contribution in [1.82, 2.24) is 5.32 Å². The monoisotopic (exact) mass is 259 g/mol. The number of hydrogen-bond acceptors (Lipinski definition) is 3. The van der Waals surface area contributed by atoms with Crippen molar-refractivity contribution >= 4 is 0 Å². The molecule has 0 radical (unpaired) electrons. The predicted octanol–water partition coefficient (Wildman–Crippen LogP) is 2.45. The second-order valence-electron chi connectivity index (χ2n) is 6.36. The van der Waals surface area contributed by atoms with Crippen LogP contribution in [-0.2, 0) is 11.3 Å². The third-order valence-corrected chi connectivity index (χ3v) is 4.82. The first kappa shape index (κ1) is 11.7. The molecule has 2 fully saturated rings. The summed E-state index contributed by atoms with van der Waals surface area (Å²) in [5.41, 5.74) is 2.66. The van der Waals surface area contributed by atoms with Crippen molar-refractivity contribution in [2.75, 3.05) is 19.7 Å². The third-order valence-electron chi connectivity index (χ3n) is 4.82. The average Bonchev–Trinajstić information content (AvgIpc) is 3.16. The SMILES string of the molecule is CC12CNCC1c1cccc(OCC3CC3)c1CO2. The fraction of sp³-hybridized carbons (Fsp3) is 0.625. The number of nitrogens with one attached hydrogen (secondary N) is 1. The molecular weight excluding hydrogens is 238 g/mol. The van der Waals surface area contributed by atoms with Crippen molar-refractivity contribution in [2.24, 2.45) is 5.92 Å². The molecule has 1 saturated carbocycles. The Morgan fingerprint density at radius 3 is 3.16 bits per heavy atom. The smallest absolute Gasteiger partial charge is 0.125 e. The van der Waals surface area contributed by atoms with Crippen LogP contribution in [0.25, 0.3) is 0 Å². The first-order valence-electron chi connectivity index (χ1n) is 7.35. The standard InChI is InChI=1S/C16H21NO2/c1-16-10-17-7-14(16)12-3-2-4-15(13(12)9-19-16)18-8-11-5-6-11/h2-4,11,14,17H,5-10H2,1H3. The zero-order valence-electron chi connectivity index (χ0n) is 11.4. The minimum Gasteiger partial charge on any atom is -0.493 e. The van der Waals surface area contributed by atoms with Gasteiger partial charge in [0.1, 0.15) is 5.75 Å². The second-order valence-corrected chi connectivity index (χ2v) is 6.36. The van der Waals surface area contributed by atoms with Crippen molar-refractivity contribution in [2.45, 2.75) is 37.9 Å². The van der Waals surface area contributed by atoms with Crippen molar-refractivity contribution in [3.63, 3.8) is 0 Å². The Labute approximate surface area is 114 Å². The van der Waals surface area contributed by atoms with E-state index in [4.69, 9.17) is 9.47 Å². The Morgan fingerprint density at radius 2 is 2.32 bits per heavy atom. The molecule has 4 rings (SSSR count). The van der Waals surface area contributed by atoms with Crippen molar-refractivity contribution in [1.29, 1.82) is 0 Å². The van der Waals surface area contributed by atoms with Gasteiger partial charge in [-0.15, -0.1) is 0 Å². The van der Waals surface area contributed by atoms with Gasteiger partial charge < -0.3 is 14.8 Å². The minimum atomic E-state index is -0.0396. The minimum absolute atomic E-state index is 0.0396. The van der Waals surface area contributed by atoms with Gasteiger partial charge in [0.2, 0.25) is 0 Å². The van der Waals surface area contributed by atoms with Gasteiger partial charge in [0, 0.05) is 24.6 Å². The van der Waals surface area contributed by atoms with Crippen LogP contribution in [0.5, 0.6) is 5.75 Å². The lowest BCUT2D eigenvalue weighted by Gasteiger charge is -2.37. The van der Waals surface area contributed by atoms with Crippen LogP contribution in [0.15, 0.2) is 18.2 Å². The molecule has 102 valence electrons. The molecule has 2 heterocycles. The number of ether oxygens (including phenoxy) is 2. The maximum atomic E-state index is 6.14. The van der Waals surface area contributed by atoms with Crippen LogP contribution >= 0.6 is 0 Å². The highest BCUT2D eigenvalue weighted by atomic mass is 16.5. The quantitative estimate of drug-likeness (QED) is 0.904. The molecule has 3 heteroatoms. The van der Waals surface area contributed by atoms with Gasteiger partial charge in [0.25, 0.3) is 0 Å². The molecular formula is C16H21NO2. The number of fused-ring (bicyclic) bond motifs is 3. The molecule has 2 aliphatic heterocycles. The molecule has 19 heavy (non-hydrogen) atoms. The Balaban J connectivity index is 1.65. The molecule has 2 unspecified atom stereocenters. The Hall–Kier alpha value is -1.06. The van der Waals surface area contributed by atoms with Crippen LogP contribution < -0.4 is 10.1 Å². The number of benzene rings is 1. The molecule has 0 spiro atoms. The molecule has 0 amide bonds. The lowest BCUT2D eigenvalue weighted by molar-refractivity contribution is -0.0527. The Bertz CT molecular complexity index is 498. The summed E-state index contributed by atoms with van der Waals surface area (Å²) in [6, 6.07) is 6.47. The van der Waals surface area contributed by atoms with E-state index in [1.807, 2.05) is 0 Å². The molecule has 3 nitrogen and oxygen atoms in total. The molecule has 2 atom stereocenters. The zero-order chi connectivity index (χ0) is 12.9. The molecule has 1 aliphatic carbocycles. The van der Waals surface area contributed by atoms with E-state index >= 15 is 0 Å². The molecule has 0 aromatic heterocycles. The predicted molar refractivity (Wildman–Crippen MR) is 73.5 cm³/mol. The van der Waals surface area contributed by atoms with Gasteiger partial charge in [0.05, 0.1) is 18.8 Å². The maximum Gasteiger partial charge on any atom is 0.125 e. The summed E-state index contributed by atoms with van der Waals surface area (Å²) in [6.45, 7) is 5.74. The highest BCUT2D eigenvalue weighted by Crippen LogP contribution is 2.44. The average molecular weight is 259 g/mol. The van der Waals surface area contributed by atoms with Crippen LogP contribution in [0.1, 0.15) is 36.8 Å². The van der Waals surface area contributed by atoms with Gasteiger partial charge in [-0.25, -0.2) is 0 Å². The summed E-state index contributed by atoms with van der Waals surface area (Å²) in [4.78, 5) is 0.